The van der Waals surface area contributed by atoms with Gasteiger partial charge in [-0.2, -0.15) is 5.10 Å². The van der Waals surface area contributed by atoms with Crippen molar-refractivity contribution in [3.63, 3.8) is 0 Å². The Morgan fingerprint density at radius 2 is 2.00 bits per heavy atom. The van der Waals surface area contributed by atoms with Gasteiger partial charge in [0.15, 0.2) is 5.84 Å². The van der Waals surface area contributed by atoms with Crippen molar-refractivity contribution in [2.45, 2.75) is 13.3 Å². The van der Waals surface area contributed by atoms with E-state index in [0.717, 1.165) is 12.1 Å². The molecule has 1 amide bonds. The highest BCUT2D eigenvalue weighted by atomic mass is 16.4. The van der Waals surface area contributed by atoms with Crippen LogP contribution in [0.25, 0.3) is 0 Å². The molecule has 0 unspecified atom stereocenters. The van der Waals surface area contributed by atoms with Crippen LogP contribution in [0, 0.1) is 0 Å². The Hall–Kier alpha value is -2.83. The number of amides is 1. The monoisotopic (exact) mass is 287 g/mol. The molecular formula is C14H17N5O2. The molecule has 0 aliphatic carbocycles. The van der Waals surface area contributed by atoms with Gasteiger partial charge in [0.1, 0.15) is 0 Å². The maximum atomic E-state index is 12.2. The molecule has 0 aliphatic rings. The van der Waals surface area contributed by atoms with Gasteiger partial charge in [-0.1, -0.05) is 24.2 Å². The van der Waals surface area contributed by atoms with Crippen molar-refractivity contribution in [1.82, 2.24) is 9.78 Å². The Bertz CT molecular complexity index is 673. The van der Waals surface area contributed by atoms with Crippen LogP contribution in [0.5, 0.6) is 0 Å². The third kappa shape index (κ3) is 3.19. The Balaban J connectivity index is 2.17. The third-order valence-electron chi connectivity index (χ3n) is 3.04. The quantitative estimate of drug-likeness (QED) is 0.341. The standard InChI is InChI=1S/C14H17N5O2/c1-3-11-12(8-19(2)17-11)16-14(20)10-6-4-9(5-7-10)13(15)18-21/h4-8,21H,3H2,1-2H3,(H2,15,18)(H,16,20). The highest BCUT2D eigenvalue weighted by Gasteiger charge is 2.11. The van der Waals surface area contributed by atoms with Crippen LogP contribution in [-0.4, -0.2) is 26.7 Å². The Morgan fingerprint density at radius 1 is 1.38 bits per heavy atom. The zero-order valence-electron chi connectivity index (χ0n) is 11.9. The summed E-state index contributed by atoms with van der Waals surface area (Å²) >= 11 is 0. The molecule has 0 radical (unpaired) electrons. The predicted octanol–water partition coefficient (Wildman–Crippen LogP) is 1.33. The minimum absolute atomic E-state index is 0.00230. The molecule has 2 aromatic rings. The number of benzene rings is 1. The highest BCUT2D eigenvalue weighted by molar-refractivity contribution is 6.05. The molecule has 0 aliphatic heterocycles. The first-order valence-corrected chi connectivity index (χ1v) is 6.47. The Morgan fingerprint density at radius 3 is 2.57 bits per heavy atom. The molecule has 21 heavy (non-hydrogen) atoms. The summed E-state index contributed by atoms with van der Waals surface area (Å²) < 4.78 is 1.66. The van der Waals surface area contributed by atoms with Crippen LogP contribution in [0.15, 0.2) is 35.6 Å². The number of nitrogens with zero attached hydrogens (tertiary/aromatic N) is 3. The first-order valence-electron chi connectivity index (χ1n) is 6.47. The van der Waals surface area contributed by atoms with Gasteiger partial charge in [-0.3, -0.25) is 9.48 Å². The molecule has 0 saturated carbocycles. The number of nitrogens with one attached hydrogen (secondary N) is 1. The second kappa shape index (κ2) is 6.08. The molecule has 0 bridgehead atoms. The van der Waals surface area contributed by atoms with E-state index in [1.165, 1.54) is 0 Å². The van der Waals surface area contributed by atoms with Crippen molar-refractivity contribution in [3.05, 3.63) is 47.3 Å². The second-order valence-electron chi connectivity index (χ2n) is 4.53. The lowest BCUT2D eigenvalue weighted by Crippen LogP contribution is -2.15. The number of carbonyl (C=O) groups excluding carboxylic acids is 1. The van der Waals surface area contributed by atoms with Crippen molar-refractivity contribution >= 4 is 17.4 Å². The van der Waals surface area contributed by atoms with Gasteiger partial charge in [0.05, 0.1) is 11.4 Å². The summed E-state index contributed by atoms with van der Waals surface area (Å²) in [5.41, 5.74) is 8.03. The summed E-state index contributed by atoms with van der Waals surface area (Å²) in [6.07, 6.45) is 2.50. The summed E-state index contributed by atoms with van der Waals surface area (Å²) in [5, 5.41) is 18.6. The average molecular weight is 287 g/mol. The van der Waals surface area contributed by atoms with Crippen LogP contribution >= 0.6 is 0 Å². The summed E-state index contributed by atoms with van der Waals surface area (Å²) in [6, 6.07) is 6.47. The van der Waals surface area contributed by atoms with Gasteiger partial charge in [0, 0.05) is 24.4 Å². The summed E-state index contributed by atoms with van der Waals surface area (Å²) in [6.45, 7) is 1.98. The summed E-state index contributed by atoms with van der Waals surface area (Å²) in [5.74, 6) is -0.230. The van der Waals surface area contributed by atoms with Gasteiger partial charge in [0.25, 0.3) is 5.91 Å². The molecule has 1 aromatic carbocycles. The van der Waals surface area contributed by atoms with Gasteiger partial charge in [-0.25, -0.2) is 0 Å². The average Bonchev–Trinajstić information content (AvgIpc) is 2.86. The number of carbonyl (C=O) groups is 1. The molecule has 0 fully saturated rings. The van der Waals surface area contributed by atoms with E-state index in [9.17, 15) is 4.79 Å². The van der Waals surface area contributed by atoms with Gasteiger partial charge < -0.3 is 16.3 Å². The smallest absolute Gasteiger partial charge is 0.255 e. The number of aromatic nitrogens is 2. The minimum Gasteiger partial charge on any atom is -0.409 e. The molecule has 0 spiro atoms. The number of nitrogens with two attached hydrogens (primary N) is 1. The van der Waals surface area contributed by atoms with Crippen molar-refractivity contribution < 1.29 is 10.0 Å². The summed E-state index contributed by atoms with van der Waals surface area (Å²) in [4.78, 5) is 12.2. The number of amidine groups is 1. The number of oxime groups is 1. The molecule has 0 atom stereocenters. The van der Waals surface area contributed by atoms with Crippen LogP contribution in [0.2, 0.25) is 0 Å². The van der Waals surface area contributed by atoms with E-state index in [-0.39, 0.29) is 11.7 Å². The maximum absolute atomic E-state index is 12.2. The van der Waals surface area contributed by atoms with Gasteiger partial charge in [0.2, 0.25) is 0 Å². The van der Waals surface area contributed by atoms with E-state index in [2.05, 4.69) is 15.6 Å². The fraction of sp³-hybridized carbons (Fsp3) is 0.214. The lowest BCUT2D eigenvalue weighted by molar-refractivity contribution is 0.102. The number of aryl methyl sites for hydroxylation is 2. The third-order valence-corrected chi connectivity index (χ3v) is 3.04. The molecule has 4 N–H and O–H groups in total. The number of hydrogen-bond donors (Lipinski definition) is 3. The molecule has 7 heteroatoms. The number of rotatable bonds is 4. The van der Waals surface area contributed by atoms with Crippen LogP contribution in [0.4, 0.5) is 5.69 Å². The van der Waals surface area contributed by atoms with Crippen molar-refractivity contribution in [2.24, 2.45) is 17.9 Å². The SMILES string of the molecule is CCc1nn(C)cc1NC(=O)c1ccc(/C(N)=N/O)cc1. The van der Waals surface area contributed by atoms with Gasteiger partial charge >= 0.3 is 0 Å². The number of anilines is 1. The largest absolute Gasteiger partial charge is 0.409 e. The molecule has 2 rings (SSSR count). The van der Waals surface area contributed by atoms with E-state index in [0.29, 0.717) is 16.8 Å². The van der Waals surface area contributed by atoms with Crippen molar-refractivity contribution in [2.75, 3.05) is 5.32 Å². The Kier molecular flexibility index (Phi) is 4.22. The predicted molar refractivity (Wildman–Crippen MR) is 79.5 cm³/mol. The van der Waals surface area contributed by atoms with Crippen molar-refractivity contribution in [3.8, 4) is 0 Å². The van der Waals surface area contributed by atoms with E-state index >= 15 is 0 Å². The minimum atomic E-state index is -0.233. The zero-order chi connectivity index (χ0) is 15.4. The first-order chi connectivity index (χ1) is 10.0. The topological polar surface area (TPSA) is 106 Å². The Labute approximate surface area is 122 Å². The number of hydrogen-bond acceptors (Lipinski definition) is 4. The van der Waals surface area contributed by atoms with E-state index in [1.807, 2.05) is 6.92 Å². The molecule has 110 valence electrons. The second-order valence-corrected chi connectivity index (χ2v) is 4.53. The maximum Gasteiger partial charge on any atom is 0.255 e. The molecular weight excluding hydrogens is 270 g/mol. The van der Waals surface area contributed by atoms with Crippen LogP contribution < -0.4 is 11.1 Å². The highest BCUT2D eigenvalue weighted by Crippen LogP contribution is 2.15. The fourth-order valence-electron chi connectivity index (χ4n) is 1.94. The van der Waals surface area contributed by atoms with Gasteiger partial charge in [-0.15, -0.1) is 0 Å². The van der Waals surface area contributed by atoms with Crippen LogP contribution in [0.1, 0.15) is 28.5 Å². The van der Waals surface area contributed by atoms with E-state index in [4.69, 9.17) is 10.9 Å². The van der Waals surface area contributed by atoms with Gasteiger partial charge in [-0.05, 0) is 18.6 Å². The van der Waals surface area contributed by atoms with E-state index < -0.39 is 0 Å². The van der Waals surface area contributed by atoms with Crippen LogP contribution in [-0.2, 0) is 13.5 Å². The molecule has 7 nitrogen and oxygen atoms in total. The van der Waals surface area contributed by atoms with Crippen LogP contribution in [0.3, 0.4) is 0 Å². The van der Waals surface area contributed by atoms with Crippen molar-refractivity contribution in [1.29, 1.82) is 0 Å². The lowest BCUT2D eigenvalue weighted by atomic mass is 10.1. The normalized spacial score (nSPS) is 11.4. The lowest BCUT2D eigenvalue weighted by Gasteiger charge is -2.05. The first kappa shape index (κ1) is 14.6. The van der Waals surface area contributed by atoms with E-state index in [1.54, 1.807) is 42.2 Å². The zero-order valence-corrected chi connectivity index (χ0v) is 11.9. The summed E-state index contributed by atoms with van der Waals surface area (Å²) in [7, 11) is 1.81. The fourth-order valence-corrected chi connectivity index (χ4v) is 1.94. The molecule has 1 aromatic heterocycles. The molecule has 0 saturated heterocycles. The molecule has 1 heterocycles.